The van der Waals surface area contributed by atoms with E-state index in [1.165, 1.54) is 0 Å². The van der Waals surface area contributed by atoms with Crippen LogP contribution in [0.1, 0.15) is 0 Å². The first-order chi connectivity index (χ1) is 4.86. The van der Waals surface area contributed by atoms with Crippen molar-refractivity contribution in [2.45, 2.75) is 0 Å². The van der Waals surface area contributed by atoms with Crippen molar-refractivity contribution in [1.29, 1.82) is 0 Å². The quantitative estimate of drug-likeness (QED) is 0.572. The molecule has 0 aliphatic heterocycles. The molecule has 2 rings (SSSR count). The molecule has 4 heteroatoms. The number of hydrogen-bond acceptors (Lipinski definition) is 4. The predicted octanol–water partition coefficient (Wildman–Crippen LogP) is 1.25. The van der Waals surface area contributed by atoms with Crippen molar-refractivity contribution in [3.05, 3.63) is 28.1 Å². The highest BCUT2D eigenvalue weighted by atomic mass is 32.1. The molecule has 0 bridgehead atoms. The van der Waals surface area contributed by atoms with E-state index in [0.717, 1.165) is 11.3 Å². The Kier molecular flexibility index (Phi) is 1.07. The molecular formula is C6H3NO2S. The van der Waals surface area contributed by atoms with E-state index in [-0.39, 0.29) is 4.94 Å². The third-order valence-electron chi connectivity index (χ3n) is 1.11. The summed E-state index contributed by atoms with van der Waals surface area (Å²) in [6.45, 7) is 0. The van der Waals surface area contributed by atoms with Gasteiger partial charge in [0.05, 0.1) is 0 Å². The molecule has 50 valence electrons. The van der Waals surface area contributed by atoms with Crippen LogP contribution < -0.4 is 4.94 Å². The average molecular weight is 153 g/mol. The van der Waals surface area contributed by atoms with E-state index in [0.29, 0.717) is 10.4 Å². The number of aromatic nitrogens is 1. The number of hydrogen-bond donors (Lipinski definition) is 0. The molecule has 0 unspecified atom stereocenters. The van der Waals surface area contributed by atoms with E-state index in [9.17, 15) is 4.79 Å². The SMILES string of the molecule is O=c1oc2cccnc2s1. The molecule has 10 heavy (non-hydrogen) atoms. The van der Waals surface area contributed by atoms with Crippen LogP contribution in [0.15, 0.2) is 27.5 Å². The molecule has 2 heterocycles. The van der Waals surface area contributed by atoms with Gasteiger partial charge in [0.1, 0.15) is 0 Å². The van der Waals surface area contributed by atoms with Gasteiger partial charge >= 0.3 is 4.94 Å². The molecule has 0 fully saturated rings. The van der Waals surface area contributed by atoms with Gasteiger partial charge in [-0.3, -0.25) is 0 Å². The highest BCUT2D eigenvalue weighted by molar-refractivity contribution is 7.15. The standard InChI is InChI=1S/C6H3NO2S/c8-6-9-4-2-1-3-7-5(4)10-6/h1-3H. The summed E-state index contributed by atoms with van der Waals surface area (Å²) in [6, 6.07) is 3.46. The van der Waals surface area contributed by atoms with Gasteiger partial charge in [0.15, 0.2) is 10.4 Å². The molecule has 0 aliphatic carbocycles. The number of fused-ring (bicyclic) bond motifs is 1. The van der Waals surface area contributed by atoms with Gasteiger partial charge in [0.25, 0.3) is 0 Å². The molecule has 0 atom stereocenters. The number of rotatable bonds is 0. The summed E-state index contributed by atoms with van der Waals surface area (Å²) in [5, 5.41) is 0. The lowest BCUT2D eigenvalue weighted by molar-refractivity contribution is 0.585. The molecule has 2 aromatic heterocycles. The van der Waals surface area contributed by atoms with Crippen molar-refractivity contribution in [2.24, 2.45) is 0 Å². The van der Waals surface area contributed by atoms with Crippen molar-refractivity contribution < 1.29 is 4.42 Å². The Morgan fingerprint density at radius 1 is 1.60 bits per heavy atom. The van der Waals surface area contributed by atoms with Crippen LogP contribution in [0.4, 0.5) is 0 Å². The normalized spacial score (nSPS) is 10.4. The fraction of sp³-hybridized carbons (Fsp3) is 0. The Balaban J connectivity index is 3.01. The Hall–Kier alpha value is -1.16. The zero-order valence-electron chi connectivity index (χ0n) is 4.90. The second-order valence-electron chi connectivity index (χ2n) is 1.76. The fourth-order valence-corrected chi connectivity index (χ4v) is 1.33. The zero-order valence-corrected chi connectivity index (χ0v) is 5.72. The van der Waals surface area contributed by atoms with Gasteiger partial charge in [-0.1, -0.05) is 0 Å². The maximum Gasteiger partial charge on any atom is 0.397 e. The highest BCUT2D eigenvalue weighted by Gasteiger charge is 1.98. The first-order valence-corrected chi connectivity index (χ1v) is 3.52. The summed E-state index contributed by atoms with van der Waals surface area (Å²) in [5.41, 5.74) is 0.567. The minimum absolute atomic E-state index is 0.297. The largest absolute Gasteiger partial charge is 0.412 e. The van der Waals surface area contributed by atoms with Gasteiger partial charge in [-0.05, 0) is 23.5 Å². The van der Waals surface area contributed by atoms with Crippen molar-refractivity contribution in [3.63, 3.8) is 0 Å². The molecular weight excluding hydrogens is 150 g/mol. The Bertz CT molecular complexity index is 367. The van der Waals surface area contributed by atoms with Crippen molar-refractivity contribution in [3.8, 4) is 0 Å². The summed E-state index contributed by atoms with van der Waals surface area (Å²) >= 11 is 1.02. The second-order valence-corrected chi connectivity index (χ2v) is 2.68. The van der Waals surface area contributed by atoms with E-state index in [2.05, 4.69) is 4.98 Å². The monoisotopic (exact) mass is 153 g/mol. The summed E-state index contributed by atoms with van der Waals surface area (Å²) in [4.78, 5) is 14.9. The number of pyridine rings is 1. The molecule has 0 amide bonds. The molecule has 0 saturated heterocycles. The predicted molar refractivity (Wildman–Crippen MR) is 38.2 cm³/mol. The summed E-state index contributed by atoms with van der Waals surface area (Å²) in [7, 11) is 0. The van der Waals surface area contributed by atoms with Crippen molar-refractivity contribution in [1.82, 2.24) is 4.98 Å². The minimum Gasteiger partial charge on any atom is -0.412 e. The lowest BCUT2D eigenvalue weighted by atomic mass is 10.5. The van der Waals surface area contributed by atoms with Gasteiger partial charge in [0, 0.05) is 6.20 Å². The lowest BCUT2D eigenvalue weighted by Gasteiger charge is -1.78. The van der Waals surface area contributed by atoms with E-state index < -0.39 is 0 Å². The third kappa shape index (κ3) is 0.733. The molecule has 0 aromatic carbocycles. The molecule has 0 aliphatic rings. The molecule has 0 N–H and O–H groups in total. The van der Waals surface area contributed by atoms with Crippen LogP contribution >= 0.6 is 11.3 Å². The summed E-state index contributed by atoms with van der Waals surface area (Å²) in [6.07, 6.45) is 1.63. The van der Waals surface area contributed by atoms with Crippen molar-refractivity contribution >= 4 is 21.8 Å². The summed E-state index contributed by atoms with van der Waals surface area (Å²) in [5.74, 6) is 0. The first-order valence-electron chi connectivity index (χ1n) is 2.71. The van der Waals surface area contributed by atoms with E-state index in [1.807, 2.05) is 0 Å². The van der Waals surface area contributed by atoms with Crippen LogP contribution in [-0.2, 0) is 0 Å². The molecule has 3 nitrogen and oxygen atoms in total. The van der Waals surface area contributed by atoms with Crippen LogP contribution in [0.3, 0.4) is 0 Å². The molecule has 0 saturated carbocycles. The fourth-order valence-electron chi connectivity index (χ4n) is 0.720. The lowest BCUT2D eigenvalue weighted by Crippen LogP contribution is -1.79. The third-order valence-corrected chi connectivity index (χ3v) is 1.86. The molecule has 0 radical (unpaired) electrons. The van der Waals surface area contributed by atoms with Gasteiger partial charge in [-0.2, -0.15) is 0 Å². The molecule has 0 spiro atoms. The summed E-state index contributed by atoms with van der Waals surface area (Å²) < 4.78 is 4.77. The maximum absolute atomic E-state index is 10.6. The van der Waals surface area contributed by atoms with Gasteiger partial charge in [-0.25, -0.2) is 9.78 Å². The average Bonchev–Trinajstić information content (AvgIpc) is 2.27. The Morgan fingerprint density at radius 2 is 2.50 bits per heavy atom. The van der Waals surface area contributed by atoms with Gasteiger partial charge in [-0.15, -0.1) is 0 Å². The smallest absolute Gasteiger partial charge is 0.397 e. The highest BCUT2D eigenvalue weighted by Crippen LogP contribution is 2.11. The first kappa shape index (κ1) is 5.61. The van der Waals surface area contributed by atoms with E-state index in [1.54, 1.807) is 18.3 Å². The zero-order chi connectivity index (χ0) is 6.97. The van der Waals surface area contributed by atoms with Crippen LogP contribution in [0.5, 0.6) is 0 Å². The molecule has 2 aromatic rings. The second kappa shape index (κ2) is 1.91. The van der Waals surface area contributed by atoms with E-state index >= 15 is 0 Å². The van der Waals surface area contributed by atoms with Gasteiger partial charge < -0.3 is 4.42 Å². The van der Waals surface area contributed by atoms with Crippen LogP contribution in [-0.4, -0.2) is 4.98 Å². The Morgan fingerprint density at radius 3 is 3.30 bits per heavy atom. The van der Waals surface area contributed by atoms with Crippen LogP contribution in [0.25, 0.3) is 10.4 Å². The van der Waals surface area contributed by atoms with Crippen LogP contribution in [0.2, 0.25) is 0 Å². The van der Waals surface area contributed by atoms with Gasteiger partial charge in [0.2, 0.25) is 0 Å². The van der Waals surface area contributed by atoms with E-state index in [4.69, 9.17) is 4.42 Å². The number of nitrogens with zero attached hydrogens (tertiary/aromatic N) is 1. The minimum atomic E-state index is -0.297. The maximum atomic E-state index is 10.6. The van der Waals surface area contributed by atoms with Crippen molar-refractivity contribution in [2.75, 3.05) is 0 Å². The Labute approximate surface area is 59.9 Å². The topological polar surface area (TPSA) is 43.1 Å². The van der Waals surface area contributed by atoms with Crippen LogP contribution in [0, 0.1) is 0 Å².